The van der Waals surface area contributed by atoms with Crippen LogP contribution in [0.25, 0.3) is 11.4 Å². The monoisotopic (exact) mass is 282 g/mol. The molecule has 5 heteroatoms. The number of carbonyl (C=O) groups is 1. The molecule has 0 spiro atoms. The van der Waals surface area contributed by atoms with Gasteiger partial charge in [0.25, 0.3) is 0 Å². The summed E-state index contributed by atoms with van der Waals surface area (Å²) in [5.41, 5.74) is 2.93. The molecule has 1 amide bonds. The van der Waals surface area contributed by atoms with Crippen molar-refractivity contribution in [2.45, 2.75) is 31.8 Å². The van der Waals surface area contributed by atoms with E-state index in [9.17, 15) is 4.79 Å². The second-order valence-corrected chi connectivity index (χ2v) is 5.22. The van der Waals surface area contributed by atoms with Gasteiger partial charge in [-0.3, -0.25) is 14.5 Å². The van der Waals surface area contributed by atoms with Crippen molar-refractivity contribution in [1.29, 1.82) is 0 Å². The van der Waals surface area contributed by atoms with Crippen molar-refractivity contribution in [2.24, 2.45) is 0 Å². The average molecular weight is 282 g/mol. The van der Waals surface area contributed by atoms with Gasteiger partial charge in [-0.15, -0.1) is 0 Å². The topological polar surface area (TPSA) is 59.8 Å². The van der Waals surface area contributed by atoms with Crippen molar-refractivity contribution in [3.05, 3.63) is 48.8 Å². The highest BCUT2D eigenvalue weighted by molar-refractivity contribution is 5.86. The van der Waals surface area contributed by atoms with Crippen LogP contribution in [0.2, 0.25) is 0 Å². The number of nitrogens with one attached hydrogen (secondary N) is 1. The maximum atomic E-state index is 11.1. The Morgan fingerprint density at radius 2 is 2.29 bits per heavy atom. The zero-order chi connectivity index (χ0) is 14.7. The summed E-state index contributed by atoms with van der Waals surface area (Å²) in [6.07, 6.45) is 8.55. The van der Waals surface area contributed by atoms with Gasteiger partial charge in [0, 0.05) is 18.9 Å². The molecule has 0 aromatic carbocycles. The summed E-state index contributed by atoms with van der Waals surface area (Å²) in [4.78, 5) is 15.6. The second kappa shape index (κ2) is 5.91. The molecule has 2 aromatic rings. The summed E-state index contributed by atoms with van der Waals surface area (Å²) in [5.74, 6) is -0.179. The van der Waals surface area contributed by atoms with E-state index in [1.165, 1.54) is 25.3 Å². The molecule has 0 bridgehead atoms. The van der Waals surface area contributed by atoms with Crippen LogP contribution < -0.4 is 5.32 Å². The third kappa shape index (κ3) is 2.86. The van der Waals surface area contributed by atoms with Gasteiger partial charge in [0.1, 0.15) is 0 Å². The highest BCUT2D eigenvalue weighted by atomic mass is 16.1. The first kappa shape index (κ1) is 13.5. The molecule has 2 aromatic heterocycles. The first-order valence-corrected chi connectivity index (χ1v) is 7.17. The molecule has 108 valence electrons. The Labute approximate surface area is 123 Å². The first-order chi connectivity index (χ1) is 10.3. The Balaban J connectivity index is 1.73. The van der Waals surface area contributed by atoms with Crippen LogP contribution in [0.3, 0.4) is 0 Å². The van der Waals surface area contributed by atoms with Crippen molar-refractivity contribution < 1.29 is 4.79 Å². The minimum absolute atomic E-state index is 0.179. The number of aromatic nitrogens is 3. The van der Waals surface area contributed by atoms with Gasteiger partial charge in [-0.25, -0.2) is 0 Å². The molecule has 0 unspecified atom stereocenters. The van der Waals surface area contributed by atoms with E-state index in [0.29, 0.717) is 12.6 Å². The molecule has 1 aliphatic carbocycles. The van der Waals surface area contributed by atoms with Gasteiger partial charge in [0.2, 0.25) is 5.91 Å². The van der Waals surface area contributed by atoms with Crippen LogP contribution in [-0.4, -0.2) is 20.7 Å². The summed E-state index contributed by atoms with van der Waals surface area (Å²) in [6.45, 7) is 3.88. The van der Waals surface area contributed by atoms with Crippen LogP contribution in [0.1, 0.15) is 30.9 Å². The van der Waals surface area contributed by atoms with Crippen LogP contribution in [0, 0.1) is 0 Å². The molecule has 0 atom stereocenters. The van der Waals surface area contributed by atoms with Crippen molar-refractivity contribution in [2.75, 3.05) is 0 Å². The lowest BCUT2D eigenvalue weighted by molar-refractivity contribution is -0.116. The van der Waals surface area contributed by atoms with Gasteiger partial charge in [0.05, 0.1) is 17.4 Å². The Bertz CT molecular complexity index is 641. The second-order valence-electron chi connectivity index (χ2n) is 5.22. The van der Waals surface area contributed by atoms with Gasteiger partial charge in [-0.1, -0.05) is 12.6 Å². The van der Waals surface area contributed by atoms with E-state index in [0.717, 1.165) is 17.0 Å². The largest absolute Gasteiger partial charge is 0.348 e. The number of carbonyl (C=O) groups excluding carboxylic acids is 1. The first-order valence-electron chi connectivity index (χ1n) is 7.17. The minimum Gasteiger partial charge on any atom is -0.348 e. The number of hydrogen-bond acceptors (Lipinski definition) is 3. The third-order valence-corrected chi connectivity index (χ3v) is 3.83. The van der Waals surface area contributed by atoms with Gasteiger partial charge < -0.3 is 5.32 Å². The molecule has 5 nitrogen and oxygen atoms in total. The number of rotatable bonds is 5. The number of pyridine rings is 1. The van der Waals surface area contributed by atoms with Gasteiger partial charge in [0.15, 0.2) is 0 Å². The molecular formula is C16H18N4O. The van der Waals surface area contributed by atoms with Crippen LogP contribution in [-0.2, 0) is 11.3 Å². The molecule has 0 aliphatic heterocycles. The fourth-order valence-corrected chi connectivity index (χ4v) is 2.38. The van der Waals surface area contributed by atoms with E-state index < -0.39 is 0 Å². The Morgan fingerprint density at radius 3 is 2.90 bits per heavy atom. The van der Waals surface area contributed by atoms with E-state index in [1.807, 2.05) is 24.4 Å². The van der Waals surface area contributed by atoms with E-state index in [2.05, 4.69) is 26.7 Å². The lowest BCUT2D eigenvalue weighted by atomic mass is 9.93. The molecule has 1 saturated carbocycles. The molecule has 21 heavy (non-hydrogen) atoms. The van der Waals surface area contributed by atoms with E-state index >= 15 is 0 Å². The maximum absolute atomic E-state index is 11.1. The highest BCUT2D eigenvalue weighted by Crippen LogP contribution is 2.34. The van der Waals surface area contributed by atoms with Gasteiger partial charge in [-0.05, 0) is 43.0 Å². The zero-order valence-corrected chi connectivity index (χ0v) is 11.8. The van der Waals surface area contributed by atoms with Crippen LogP contribution in [0.15, 0.2) is 43.2 Å². The van der Waals surface area contributed by atoms with E-state index in [1.54, 1.807) is 6.20 Å². The summed E-state index contributed by atoms with van der Waals surface area (Å²) < 4.78 is 2.07. The molecule has 1 N–H and O–H groups in total. The molecule has 2 heterocycles. The van der Waals surface area contributed by atoms with E-state index in [-0.39, 0.29) is 5.91 Å². The van der Waals surface area contributed by atoms with Crippen molar-refractivity contribution in [3.63, 3.8) is 0 Å². The summed E-state index contributed by atoms with van der Waals surface area (Å²) in [6, 6.07) is 6.47. The Morgan fingerprint density at radius 1 is 1.43 bits per heavy atom. The SMILES string of the molecule is C=CC(=O)NCc1ccc(-c2ccnn2C2CCC2)nc1. The molecule has 1 aliphatic rings. The average Bonchev–Trinajstić information content (AvgIpc) is 2.92. The smallest absolute Gasteiger partial charge is 0.243 e. The van der Waals surface area contributed by atoms with Crippen molar-refractivity contribution in [1.82, 2.24) is 20.1 Å². The molecular weight excluding hydrogens is 264 g/mol. The van der Waals surface area contributed by atoms with E-state index in [4.69, 9.17) is 0 Å². The summed E-state index contributed by atoms with van der Waals surface area (Å²) in [7, 11) is 0. The molecule has 0 saturated heterocycles. The molecule has 3 rings (SSSR count). The predicted molar refractivity (Wildman–Crippen MR) is 80.4 cm³/mol. The summed E-state index contributed by atoms with van der Waals surface area (Å²) >= 11 is 0. The minimum atomic E-state index is -0.179. The summed E-state index contributed by atoms with van der Waals surface area (Å²) in [5, 5.41) is 7.15. The van der Waals surface area contributed by atoms with Gasteiger partial charge >= 0.3 is 0 Å². The van der Waals surface area contributed by atoms with Crippen LogP contribution in [0.5, 0.6) is 0 Å². The number of hydrogen-bond donors (Lipinski definition) is 1. The predicted octanol–water partition coefficient (Wildman–Crippen LogP) is 2.47. The normalized spacial score (nSPS) is 14.5. The quantitative estimate of drug-likeness (QED) is 0.857. The maximum Gasteiger partial charge on any atom is 0.243 e. The standard InChI is InChI=1S/C16H18N4O/c1-2-16(21)18-11-12-6-7-14(17-10-12)15-8-9-19-20(15)13-4-3-5-13/h2,6-10,13H,1,3-5,11H2,(H,18,21). The zero-order valence-electron chi connectivity index (χ0n) is 11.8. The number of nitrogens with zero attached hydrogens (tertiary/aromatic N) is 3. The van der Waals surface area contributed by atoms with Crippen LogP contribution >= 0.6 is 0 Å². The fourth-order valence-electron chi connectivity index (χ4n) is 2.38. The lowest BCUT2D eigenvalue weighted by Gasteiger charge is -2.27. The Hall–Kier alpha value is -2.43. The van der Waals surface area contributed by atoms with Crippen molar-refractivity contribution in [3.8, 4) is 11.4 Å². The highest BCUT2D eigenvalue weighted by Gasteiger charge is 2.22. The Kier molecular flexibility index (Phi) is 3.81. The number of amides is 1. The van der Waals surface area contributed by atoms with Crippen molar-refractivity contribution >= 4 is 5.91 Å². The third-order valence-electron chi connectivity index (χ3n) is 3.83. The van der Waals surface area contributed by atoms with Crippen LogP contribution in [0.4, 0.5) is 0 Å². The van der Waals surface area contributed by atoms with Gasteiger partial charge in [-0.2, -0.15) is 5.10 Å². The molecule has 1 fully saturated rings. The lowest BCUT2D eigenvalue weighted by Crippen LogP contribution is -2.20. The molecule has 0 radical (unpaired) electrons. The fraction of sp³-hybridized carbons (Fsp3) is 0.312.